The maximum absolute atomic E-state index is 5.46. The molecule has 3 heteroatoms. The molecule has 0 aromatic heterocycles. The zero-order valence-electron chi connectivity index (χ0n) is 9.87. The van der Waals surface area contributed by atoms with Gasteiger partial charge in [-0.05, 0) is 10.5 Å². The van der Waals surface area contributed by atoms with Crippen LogP contribution in [-0.4, -0.2) is 0 Å². The van der Waals surface area contributed by atoms with Crippen LogP contribution in [0.3, 0.4) is 0 Å². The molecule has 0 aliphatic heterocycles. The quantitative estimate of drug-likeness (QED) is 0.333. The summed E-state index contributed by atoms with van der Waals surface area (Å²) in [6.07, 6.45) is 0. The molecule has 0 N–H and O–H groups in total. The fourth-order valence-corrected chi connectivity index (χ4v) is 1.85. The zero-order chi connectivity index (χ0) is 11.1. The summed E-state index contributed by atoms with van der Waals surface area (Å²) < 4.78 is 5.46. The predicted octanol–water partition coefficient (Wildman–Crippen LogP) is 1.12. The first kappa shape index (κ1) is 14.4. The number of hydrogen-bond acceptors (Lipinski definition) is 2. The third-order valence-electron chi connectivity index (χ3n) is 2.09. The zero-order valence-corrected chi connectivity index (χ0v) is 10.7. The van der Waals surface area contributed by atoms with Crippen molar-refractivity contribution in [2.24, 2.45) is 0 Å². The van der Waals surface area contributed by atoms with Gasteiger partial charge in [-0.1, -0.05) is 60.7 Å². The summed E-state index contributed by atoms with van der Waals surface area (Å²) in [5, 5.41) is 0. The van der Waals surface area contributed by atoms with E-state index in [1.807, 2.05) is 36.4 Å². The molecule has 0 fully saturated rings. The molecule has 82 valence electrons. The summed E-state index contributed by atoms with van der Waals surface area (Å²) in [7, 11) is 0. The first-order chi connectivity index (χ1) is 7.95. The fourth-order valence-electron chi connectivity index (χ4n) is 1.29. The number of thioether (sulfide) groups is 1. The number of rotatable bonds is 5. The summed E-state index contributed by atoms with van der Waals surface area (Å²) in [6, 6.07) is 20.3. The van der Waals surface area contributed by atoms with Crippen molar-refractivity contribution in [2.75, 3.05) is 0 Å². The van der Waals surface area contributed by atoms with E-state index in [2.05, 4.69) is 24.3 Å². The van der Waals surface area contributed by atoms with Gasteiger partial charge in [0.05, 0.1) is 0 Å². The summed E-state index contributed by atoms with van der Waals surface area (Å²) in [6.45, 7) is 0.626. The van der Waals surface area contributed by atoms with E-state index >= 15 is 0 Å². The number of ether oxygens (including phenoxy) is 1. The molecule has 2 aromatic carbocycles. The van der Waals surface area contributed by atoms with E-state index in [9.17, 15) is 0 Å². The van der Waals surface area contributed by atoms with Gasteiger partial charge in [-0.15, -0.1) is 0 Å². The third-order valence-corrected chi connectivity index (χ3v) is 2.86. The Balaban J connectivity index is 0.00000144. The molecule has 0 saturated heterocycles. The first-order valence-electron chi connectivity index (χ1n) is 5.14. The molecule has 0 spiro atoms. The molecular formula is C14H13LiOS. The van der Waals surface area contributed by atoms with Crippen LogP contribution in [-0.2, 0) is 11.3 Å². The molecule has 2 aromatic rings. The largest absolute Gasteiger partial charge is 1.00 e. The van der Waals surface area contributed by atoms with Crippen LogP contribution < -0.4 is 18.9 Å². The Labute approximate surface area is 119 Å². The van der Waals surface area contributed by atoms with Gasteiger partial charge < -0.3 is 4.74 Å². The van der Waals surface area contributed by atoms with Crippen LogP contribution in [0.2, 0.25) is 0 Å². The van der Waals surface area contributed by atoms with Crippen molar-refractivity contribution in [1.82, 2.24) is 0 Å². The second kappa shape index (κ2) is 8.44. The minimum Gasteiger partial charge on any atom is -0.538 e. The summed E-state index contributed by atoms with van der Waals surface area (Å²) in [5.74, 6) is 1.78. The Bertz CT molecular complexity index is 364. The van der Waals surface area contributed by atoms with Crippen LogP contribution in [0.5, 0.6) is 0 Å². The molecule has 2 rings (SSSR count). The summed E-state index contributed by atoms with van der Waals surface area (Å²) >= 11 is 1.59. The van der Waals surface area contributed by atoms with Crippen molar-refractivity contribution >= 4 is 11.8 Å². The molecule has 0 heterocycles. The minimum atomic E-state index is 0. The van der Waals surface area contributed by atoms with Gasteiger partial charge in [0.15, 0.2) is 0 Å². The van der Waals surface area contributed by atoms with Crippen molar-refractivity contribution in [3.8, 4) is 0 Å². The van der Waals surface area contributed by atoms with Crippen molar-refractivity contribution in [3.63, 3.8) is 0 Å². The maximum atomic E-state index is 5.46. The van der Waals surface area contributed by atoms with Gasteiger partial charge in [0.25, 0.3) is 0 Å². The number of benzene rings is 2. The van der Waals surface area contributed by atoms with Crippen LogP contribution in [0.4, 0.5) is 0 Å². The SMILES string of the molecule is [Li+].c1ccc(CO[CH-]Sc2ccccc2)cc1. The van der Waals surface area contributed by atoms with Crippen molar-refractivity contribution in [3.05, 3.63) is 72.2 Å². The Hall–Kier alpha value is -0.653. The van der Waals surface area contributed by atoms with Gasteiger partial charge in [0.1, 0.15) is 0 Å². The van der Waals surface area contributed by atoms with Crippen molar-refractivity contribution in [1.29, 1.82) is 0 Å². The first-order valence-corrected chi connectivity index (χ1v) is 6.02. The average molecular weight is 236 g/mol. The van der Waals surface area contributed by atoms with E-state index in [1.54, 1.807) is 17.7 Å². The van der Waals surface area contributed by atoms with Gasteiger partial charge >= 0.3 is 18.9 Å². The molecule has 1 nitrogen and oxygen atoms in total. The Morgan fingerprint density at radius 2 is 1.47 bits per heavy atom. The van der Waals surface area contributed by atoms with Gasteiger partial charge in [0, 0.05) is 6.61 Å². The molecule has 0 aliphatic carbocycles. The van der Waals surface area contributed by atoms with Gasteiger partial charge in [0.2, 0.25) is 0 Å². The third kappa shape index (κ3) is 5.47. The van der Waals surface area contributed by atoms with Crippen molar-refractivity contribution in [2.45, 2.75) is 11.5 Å². The second-order valence-electron chi connectivity index (χ2n) is 3.32. The molecule has 0 atom stereocenters. The average Bonchev–Trinajstić information content (AvgIpc) is 2.37. The standard InChI is InChI=1S/C14H13OS.Li/c1-3-7-13(8-4-1)11-15-12-16-14-9-5-2-6-10-14;/h1-10,12H,11H2;/q-1;+1. The monoisotopic (exact) mass is 236 g/mol. The molecule has 0 bridgehead atoms. The summed E-state index contributed by atoms with van der Waals surface area (Å²) in [4.78, 5) is 1.19. The van der Waals surface area contributed by atoms with Crippen LogP contribution in [0.1, 0.15) is 5.56 Å². The molecule has 0 saturated carbocycles. The van der Waals surface area contributed by atoms with E-state index in [0.29, 0.717) is 6.61 Å². The van der Waals surface area contributed by atoms with Gasteiger partial charge in [-0.2, -0.15) is 5.94 Å². The van der Waals surface area contributed by atoms with Gasteiger partial charge in [-0.3, -0.25) is 11.8 Å². The Morgan fingerprint density at radius 1 is 0.882 bits per heavy atom. The van der Waals surface area contributed by atoms with Gasteiger partial charge in [-0.25, -0.2) is 0 Å². The Kier molecular flexibility index (Phi) is 7.15. The van der Waals surface area contributed by atoms with E-state index in [-0.39, 0.29) is 18.9 Å². The fraction of sp³-hybridized carbons (Fsp3) is 0.0714. The van der Waals surface area contributed by atoms with Crippen LogP contribution in [0.25, 0.3) is 0 Å². The minimum absolute atomic E-state index is 0. The maximum Gasteiger partial charge on any atom is 1.00 e. The van der Waals surface area contributed by atoms with E-state index < -0.39 is 0 Å². The predicted molar refractivity (Wildman–Crippen MR) is 67.8 cm³/mol. The van der Waals surface area contributed by atoms with E-state index in [1.165, 1.54) is 10.5 Å². The molecule has 17 heavy (non-hydrogen) atoms. The van der Waals surface area contributed by atoms with Crippen LogP contribution >= 0.6 is 11.8 Å². The molecule has 0 amide bonds. The van der Waals surface area contributed by atoms with E-state index in [0.717, 1.165) is 0 Å². The van der Waals surface area contributed by atoms with Crippen LogP contribution in [0.15, 0.2) is 65.6 Å². The molecule has 0 unspecified atom stereocenters. The molecular weight excluding hydrogens is 223 g/mol. The Morgan fingerprint density at radius 3 is 2.12 bits per heavy atom. The topological polar surface area (TPSA) is 9.23 Å². The molecule has 0 radical (unpaired) electrons. The van der Waals surface area contributed by atoms with Crippen LogP contribution in [0, 0.1) is 5.94 Å². The number of hydrogen-bond donors (Lipinski definition) is 0. The smallest absolute Gasteiger partial charge is 0.538 e. The van der Waals surface area contributed by atoms with Crippen molar-refractivity contribution < 1.29 is 23.6 Å². The molecule has 0 aliphatic rings. The van der Waals surface area contributed by atoms with E-state index in [4.69, 9.17) is 4.74 Å². The summed E-state index contributed by atoms with van der Waals surface area (Å²) in [5.41, 5.74) is 1.19. The second-order valence-corrected chi connectivity index (χ2v) is 4.22. The normalized spacial score (nSPS) is 9.65.